The predicted octanol–water partition coefficient (Wildman–Crippen LogP) is 2.47. The van der Waals surface area contributed by atoms with Crippen LogP contribution in [0, 0.1) is 0 Å². The Morgan fingerprint density at radius 1 is 0.850 bits per heavy atom. The van der Waals surface area contributed by atoms with Gasteiger partial charge in [-0.15, -0.1) is 0 Å². The SMILES string of the molecule is CCCNC1CCC(N2CCCN3CCCC3C2)CC1. The third-order valence-electron chi connectivity index (χ3n) is 5.73. The third kappa shape index (κ3) is 3.55. The van der Waals surface area contributed by atoms with Crippen molar-refractivity contribution in [2.75, 3.05) is 32.7 Å². The lowest BCUT2D eigenvalue weighted by molar-refractivity contribution is 0.131. The van der Waals surface area contributed by atoms with Crippen molar-refractivity contribution in [3.63, 3.8) is 0 Å². The zero-order valence-electron chi connectivity index (χ0n) is 13.3. The summed E-state index contributed by atoms with van der Waals surface area (Å²) in [6.45, 7) is 8.91. The number of hydrogen-bond donors (Lipinski definition) is 1. The summed E-state index contributed by atoms with van der Waals surface area (Å²) in [5.41, 5.74) is 0. The minimum absolute atomic E-state index is 0.807. The van der Waals surface area contributed by atoms with Crippen molar-refractivity contribution < 1.29 is 0 Å². The molecule has 116 valence electrons. The second-order valence-corrected chi connectivity index (χ2v) is 7.14. The molecule has 2 heterocycles. The molecule has 1 aliphatic carbocycles. The molecule has 0 aromatic rings. The third-order valence-corrected chi connectivity index (χ3v) is 5.73. The Balaban J connectivity index is 1.47. The van der Waals surface area contributed by atoms with Gasteiger partial charge in [0, 0.05) is 24.7 Å². The lowest BCUT2D eigenvalue weighted by Crippen LogP contribution is -2.45. The highest BCUT2D eigenvalue weighted by atomic mass is 15.3. The van der Waals surface area contributed by atoms with Crippen LogP contribution in [0.2, 0.25) is 0 Å². The van der Waals surface area contributed by atoms with Gasteiger partial charge in [0.15, 0.2) is 0 Å². The quantitative estimate of drug-likeness (QED) is 0.853. The molecule has 1 atom stereocenters. The van der Waals surface area contributed by atoms with Crippen LogP contribution >= 0.6 is 0 Å². The van der Waals surface area contributed by atoms with Gasteiger partial charge in [-0.1, -0.05) is 6.92 Å². The molecule has 3 rings (SSSR count). The molecular weight excluding hydrogens is 246 g/mol. The van der Waals surface area contributed by atoms with Crippen molar-refractivity contribution in [1.29, 1.82) is 0 Å². The summed E-state index contributed by atoms with van der Waals surface area (Å²) in [7, 11) is 0. The van der Waals surface area contributed by atoms with Crippen molar-refractivity contribution in [2.24, 2.45) is 0 Å². The van der Waals surface area contributed by atoms with Crippen molar-refractivity contribution in [3.8, 4) is 0 Å². The van der Waals surface area contributed by atoms with E-state index in [4.69, 9.17) is 0 Å². The Kier molecular flexibility index (Phi) is 5.36. The number of fused-ring (bicyclic) bond motifs is 1. The summed E-state index contributed by atoms with van der Waals surface area (Å²) in [4.78, 5) is 5.61. The first-order valence-corrected chi connectivity index (χ1v) is 9.08. The lowest BCUT2D eigenvalue weighted by Gasteiger charge is -2.37. The van der Waals surface area contributed by atoms with Crippen molar-refractivity contribution in [2.45, 2.75) is 76.4 Å². The van der Waals surface area contributed by atoms with Crippen molar-refractivity contribution in [3.05, 3.63) is 0 Å². The van der Waals surface area contributed by atoms with E-state index in [1.54, 1.807) is 0 Å². The Morgan fingerprint density at radius 3 is 2.40 bits per heavy atom. The van der Waals surface area contributed by atoms with Crippen LogP contribution in [-0.2, 0) is 0 Å². The van der Waals surface area contributed by atoms with Gasteiger partial charge < -0.3 is 5.32 Å². The molecule has 3 nitrogen and oxygen atoms in total. The molecule has 3 heteroatoms. The van der Waals surface area contributed by atoms with E-state index in [0.717, 1.165) is 18.1 Å². The van der Waals surface area contributed by atoms with Crippen LogP contribution < -0.4 is 5.32 Å². The molecular formula is C17H33N3. The van der Waals surface area contributed by atoms with Gasteiger partial charge >= 0.3 is 0 Å². The van der Waals surface area contributed by atoms with Crippen LogP contribution in [0.25, 0.3) is 0 Å². The number of nitrogens with one attached hydrogen (secondary N) is 1. The van der Waals surface area contributed by atoms with Gasteiger partial charge in [0.1, 0.15) is 0 Å². The first-order chi connectivity index (χ1) is 9.86. The van der Waals surface area contributed by atoms with Gasteiger partial charge in [0.2, 0.25) is 0 Å². The van der Waals surface area contributed by atoms with E-state index in [1.807, 2.05) is 0 Å². The summed E-state index contributed by atoms with van der Waals surface area (Å²) in [5, 5.41) is 3.72. The Bertz CT molecular complexity index is 286. The monoisotopic (exact) mass is 279 g/mol. The average Bonchev–Trinajstić information content (AvgIpc) is 2.83. The topological polar surface area (TPSA) is 18.5 Å². The van der Waals surface area contributed by atoms with Crippen LogP contribution in [0.1, 0.15) is 58.3 Å². The molecule has 0 bridgehead atoms. The summed E-state index contributed by atoms with van der Waals surface area (Å²) < 4.78 is 0. The average molecular weight is 279 g/mol. The molecule has 2 saturated heterocycles. The fourth-order valence-electron chi connectivity index (χ4n) is 4.56. The van der Waals surface area contributed by atoms with E-state index in [0.29, 0.717) is 0 Å². The minimum Gasteiger partial charge on any atom is -0.314 e. The van der Waals surface area contributed by atoms with Gasteiger partial charge in [-0.25, -0.2) is 0 Å². The zero-order chi connectivity index (χ0) is 13.8. The Morgan fingerprint density at radius 2 is 1.60 bits per heavy atom. The van der Waals surface area contributed by atoms with E-state index in [-0.39, 0.29) is 0 Å². The Labute approximate surface area is 125 Å². The van der Waals surface area contributed by atoms with Gasteiger partial charge in [-0.3, -0.25) is 9.80 Å². The molecule has 3 aliphatic rings. The fourth-order valence-corrected chi connectivity index (χ4v) is 4.56. The maximum atomic E-state index is 3.72. The van der Waals surface area contributed by atoms with Gasteiger partial charge in [0.05, 0.1) is 0 Å². The highest BCUT2D eigenvalue weighted by Crippen LogP contribution is 2.28. The molecule has 1 unspecified atom stereocenters. The highest BCUT2D eigenvalue weighted by Gasteiger charge is 2.32. The normalized spacial score (nSPS) is 36.8. The summed E-state index contributed by atoms with van der Waals surface area (Å²) in [6.07, 6.45) is 11.2. The molecule has 0 amide bonds. The van der Waals surface area contributed by atoms with Crippen LogP contribution in [0.15, 0.2) is 0 Å². The second-order valence-electron chi connectivity index (χ2n) is 7.14. The van der Waals surface area contributed by atoms with Crippen LogP contribution in [0.5, 0.6) is 0 Å². The van der Waals surface area contributed by atoms with Gasteiger partial charge in [-0.2, -0.15) is 0 Å². The maximum absolute atomic E-state index is 3.72. The van der Waals surface area contributed by atoms with Gasteiger partial charge in [0.25, 0.3) is 0 Å². The first kappa shape index (κ1) is 14.8. The van der Waals surface area contributed by atoms with E-state index >= 15 is 0 Å². The minimum atomic E-state index is 0.807. The van der Waals surface area contributed by atoms with E-state index < -0.39 is 0 Å². The predicted molar refractivity (Wildman–Crippen MR) is 85.1 cm³/mol. The van der Waals surface area contributed by atoms with Crippen LogP contribution in [0.4, 0.5) is 0 Å². The molecule has 20 heavy (non-hydrogen) atoms. The standard InChI is InChI=1S/C17H33N3/c1-2-10-18-15-6-8-16(9-7-15)20-13-4-12-19-11-3-5-17(19)14-20/h15-18H,2-14H2,1H3. The maximum Gasteiger partial charge on any atom is 0.0223 e. The molecule has 2 aliphatic heterocycles. The number of hydrogen-bond acceptors (Lipinski definition) is 3. The molecule has 0 aromatic carbocycles. The Hall–Kier alpha value is -0.120. The fraction of sp³-hybridized carbons (Fsp3) is 1.00. The molecule has 0 radical (unpaired) electrons. The molecule has 3 fully saturated rings. The molecule has 1 N–H and O–H groups in total. The molecule has 0 aromatic heterocycles. The van der Waals surface area contributed by atoms with E-state index in [9.17, 15) is 0 Å². The van der Waals surface area contributed by atoms with Crippen molar-refractivity contribution >= 4 is 0 Å². The number of rotatable bonds is 4. The van der Waals surface area contributed by atoms with Gasteiger partial charge in [-0.05, 0) is 77.5 Å². The molecule has 0 spiro atoms. The summed E-state index contributed by atoms with van der Waals surface area (Å²) >= 11 is 0. The molecule has 1 saturated carbocycles. The largest absolute Gasteiger partial charge is 0.314 e. The number of nitrogens with zero attached hydrogens (tertiary/aromatic N) is 2. The van der Waals surface area contributed by atoms with E-state index in [2.05, 4.69) is 22.0 Å². The highest BCUT2D eigenvalue weighted by molar-refractivity contribution is 4.89. The first-order valence-electron chi connectivity index (χ1n) is 9.08. The summed E-state index contributed by atoms with van der Waals surface area (Å²) in [6, 6.07) is 2.57. The summed E-state index contributed by atoms with van der Waals surface area (Å²) in [5.74, 6) is 0. The zero-order valence-corrected chi connectivity index (χ0v) is 13.3. The van der Waals surface area contributed by atoms with Crippen LogP contribution in [0.3, 0.4) is 0 Å². The van der Waals surface area contributed by atoms with E-state index in [1.165, 1.54) is 84.1 Å². The smallest absolute Gasteiger partial charge is 0.0223 e. The van der Waals surface area contributed by atoms with Crippen LogP contribution in [-0.4, -0.2) is 60.6 Å². The second kappa shape index (κ2) is 7.24. The van der Waals surface area contributed by atoms with Crippen molar-refractivity contribution in [1.82, 2.24) is 15.1 Å². The lowest BCUT2D eigenvalue weighted by atomic mass is 9.89.